The lowest BCUT2D eigenvalue weighted by Crippen LogP contribution is -2.18. The number of hydrazone groups is 1. The van der Waals surface area contributed by atoms with E-state index in [4.69, 9.17) is 9.47 Å². The van der Waals surface area contributed by atoms with Gasteiger partial charge in [0.05, 0.1) is 18.4 Å². The van der Waals surface area contributed by atoms with Gasteiger partial charge in [-0.3, -0.25) is 4.79 Å². The predicted molar refractivity (Wildman–Crippen MR) is 94.8 cm³/mol. The molecule has 1 N–H and O–H groups in total. The zero-order valence-corrected chi connectivity index (χ0v) is 13.6. The van der Waals surface area contributed by atoms with Crippen molar-refractivity contribution in [3.8, 4) is 11.5 Å². The summed E-state index contributed by atoms with van der Waals surface area (Å²) in [6.45, 7) is 6.48. The maximum Gasteiger partial charge on any atom is 0.275 e. The highest BCUT2D eigenvalue weighted by Gasteiger charge is 2.10. The number of hydrogen-bond donors (Lipinski definition) is 1. The summed E-state index contributed by atoms with van der Waals surface area (Å²) in [6, 6.07) is 14.4. The molecule has 0 saturated heterocycles. The smallest absolute Gasteiger partial charge is 0.275 e. The Balaban J connectivity index is 1.98. The van der Waals surface area contributed by atoms with Crippen molar-refractivity contribution in [1.82, 2.24) is 5.43 Å². The first-order valence-electron chi connectivity index (χ1n) is 7.63. The highest BCUT2D eigenvalue weighted by atomic mass is 16.5. The maximum absolute atomic E-state index is 12.2. The second-order valence-electron chi connectivity index (χ2n) is 4.80. The third-order valence-electron chi connectivity index (χ3n) is 3.06. The summed E-state index contributed by atoms with van der Waals surface area (Å²) in [5.41, 5.74) is 3.77. The number of amides is 1. The monoisotopic (exact) mass is 324 g/mol. The maximum atomic E-state index is 12.2. The third-order valence-corrected chi connectivity index (χ3v) is 3.06. The summed E-state index contributed by atoms with van der Waals surface area (Å²) in [5.74, 6) is 0.954. The molecule has 0 unspecified atom stereocenters. The van der Waals surface area contributed by atoms with Crippen LogP contribution in [-0.4, -0.2) is 25.3 Å². The molecule has 0 spiro atoms. The van der Waals surface area contributed by atoms with Gasteiger partial charge in [-0.2, -0.15) is 5.10 Å². The van der Waals surface area contributed by atoms with Gasteiger partial charge in [-0.05, 0) is 48.9 Å². The first-order chi connectivity index (χ1) is 11.7. The number of benzene rings is 2. The quantitative estimate of drug-likeness (QED) is 0.460. The molecule has 24 heavy (non-hydrogen) atoms. The molecule has 2 rings (SSSR count). The van der Waals surface area contributed by atoms with Crippen molar-refractivity contribution in [2.24, 2.45) is 5.10 Å². The van der Waals surface area contributed by atoms with Gasteiger partial charge in [0.2, 0.25) is 0 Å². The minimum Gasteiger partial charge on any atom is -0.494 e. The molecule has 0 aliphatic rings. The predicted octanol–water partition coefficient (Wildman–Crippen LogP) is 3.41. The van der Waals surface area contributed by atoms with Crippen LogP contribution in [0.2, 0.25) is 0 Å². The largest absolute Gasteiger partial charge is 0.494 e. The summed E-state index contributed by atoms with van der Waals surface area (Å²) in [6.07, 6.45) is 3.19. The van der Waals surface area contributed by atoms with Gasteiger partial charge in [-0.1, -0.05) is 24.8 Å². The van der Waals surface area contributed by atoms with Gasteiger partial charge in [0, 0.05) is 0 Å². The fourth-order valence-corrected chi connectivity index (χ4v) is 1.97. The van der Waals surface area contributed by atoms with Crippen LogP contribution in [0.4, 0.5) is 0 Å². The molecule has 0 fully saturated rings. The summed E-state index contributed by atoms with van der Waals surface area (Å²) < 4.78 is 10.8. The summed E-state index contributed by atoms with van der Waals surface area (Å²) >= 11 is 0. The lowest BCUT2D eigenvalue weighted by Gasteiger charge is -2.08. The molecule has 5 heteroatoms. The van der Waals surface area contributed by atoms with Gasteiger partial charge in [0.1, 0.15) is 18.1 Å². The van der Waals surface area contributed by atoms with Crippen LogP contribution in [-0.2, 0) is 0 Å². The van der Waals surface area contributed by atoms with Crippen molar-refractivity contribution in [3.05, 3.63) is 72.3 Å². The zero-order valence-electron chi connectivity index (χ0n) is 13.6. The molecule has 0 atom stereocenters. The number of carbonyl (C=O) groups is 1. The van der Waals surface area contributed by atoms with E-state index in [-0.39, 0.29) is 5.91 Å². The van der Waals surface area contributed by atoms with Crippen LogP contribution in [0.5, 0.6) is 11.5 Å². The van der Waals surface area contributed by atoms with Gasteiger partial charge < -0.3 is 9.47 Å². The molecule has 1 amide bonds. The van der Waals surface area contributed by atoms with E-state index in [1.807, 2.05) is 31.2 Å². The standard InChI is InChI=1S/C19H20N2O3/c1-3-13-24-18-8-6-5-7-17(18)19(22)21-20-14-15-9-11-16(12-10-15)23-4-2/h3,5-12,14H,1,4,13H2,2H3,(H,21,22). The van der Waals surface area contributed by atoms with Crippen molar-refractivity contribution in [2.45, 2.75) is 6.92 Å². The van der Waals surface area contributed by atoms with E-state index < -0.39 is 0 Å². The topological polar surface area (TPSA) is 59.9 Å². The van der Waals surface area contributed by atoms with E-state index in [1.165, 1.54) is 0 Å². The Bertz CT molecular complexity index is 709. The van der Waals surface area contributed by atoms with Crippen LogP contribution in [0.3, 0.4) is 0 Å². The van der Waals surface area contributed by atoms with Gasteiger partial charge in [0.25, 0.3) is 5.91 Å². The number of ether oxygens (including phenoxy) is 2. The van der Waals surface area contributed by atoms with Gasteiger partial charge in [-0.25, -0.2) is 5.43 Å². The molecule has 0 heterocycles. The second kappa shape index (κ2) is 9.15. The molecular formula is C19H20N2O3. The molecular weight excluding hydrogens is 304 g/mol. The van der Waals surface area contributed by atoms with Crippen LogP contribution in [0.15, 0.2) is 66.3 Å². The minimum absolute atomic E-state index is 0.333. The number of hydrogen-bond acceptors (Lipinski definition) is 4. The highest BCUT2D eigenvalue weighted by molar-refractivity contribution is 5.97. The molecule has 5 nitrogen and oxygen atoms in total. The minimum atomic E-state index is -0.336. The number of nitrogens with zero attached hydrogens (tertiary/aromatic N) is 1. The average molecular weight is 324 g/mol. The van der Waals surface area contributed by atoms with Gasteiger partial charge in [-0.15, -0.1) is 0 Å². The number of rotatable bonds is 8. The van der Waals surface area contributed by atoms with E-state index >= 15 is 0 Å². The zero-order chi connectivity index (χ0) is 17.2. The molecule has 0 saturated carbocycles. The van der Waals surface area contributed by atoms with Crippen molar-refractivity contribution in [2.75, 3.05) is 13.2 Å². The molecule has 0 radical (unpaired) electrons. The van der Waals surface area contributed by atoms with E-state index in [9.17, 15) is 4.79 Å². The van der Waals surface area contributed by atoms with E-state index in [1.54, 1.807) is 36.6 Å². The fraction of sp³-hybridized carbons (Fsp3) is 0.158. The fourth-order valence-electron chi connectivity index (χ4n) is 1.97. The SMILES string of the molecule is C=CCOc1ccccc1C(=O)NN=Cc1ccc(OCC)cc1. The van der Waals surface area contributed by atoms with Gasteiger partial charge in [0.15, 0.2) is 0 Å². The molecule has 2 aromatic carbocycles. The van der Waals surface area contributed by atoms with Crippen LogP contribution in [0, 0.1) is 0 Å². The number of carbonyl (C=O) groups excluding carboxylic acids is 1. The normalized spacial score (nSPS) is 10.4. The third kappa shape index (κ3) is 4.98. The molecule has 0 aliphatic carbocycles. The first kappa shape index (κ1) is 17.3. The Morgan fingerprint density at radius 1 is 1.17 bits per heavy atom. The first-order valence-corrected chi connectivity index (χ1v) is 7.63. The van der Waals surface area contributed by atoms with Crippen molar-refractivity contribution in [1.29, 1.82) is 0 Å². The van der Waals surface area contributed by atoms with Crippen molar-refractivity contribution in [3.63, 3.8) is 0 Å². The van der Waals surface area contributed by atoms with Crippen LogP contribution in [0.25, 0.3) is 0 Å². The average Bonchev–Trinajstić information content (AvgIpc) is 2.62. The van der Waals surface area contributed by atoms with Gasteiger partial charge >= 0.3 is 0 Å². The molecule has 0 bridgehead atoms. The number of nitrogens with one attached hydrogen (secondary N) is 1. The van der Waals surface area contributed by atoms with Crippen LogP contribution < -0.4 is 14.9 Å². The van der Waals surface area contributed by atoms with E-state index in [0.29, 0.717) is 24.5 Å². The highest BCUT2D eigenvalue weighted by Crippen LogP contribution is 2.17. The molecule has 124 valence electrons. The van der Waals surface area contributed by atoms with Crippen molar-refractivity contribution < 1.29 is 14.3 Å². The Labute approximate surface area is 141 Å². The van der Waals surface area contributed by atoms with Crippen LogP contribution >= 0.6 is 0 Å². The Kier molecular flexibility index (Phi) is 6.58. The van der Waals surface area contributed by atoms with E-state index in [2.05, 4.69) is 17.1 Å². The summed E-state index contributed by atoms with van der Waals surface area (Å²) in [4.78, 5) is 12.2. The Morgan fingerprint density at radius 3 is 2.62 bits per heavy atom. The molecule has 0 aromatic heterocycles. The van der Waals surface area contributed by atoms with Crippen LogP contribution in [0.1, 0.15) is 22.8 Å². The summed E-state index contributed by atoms with van der Waals surface area (Å²) in [7, 11) is 0. The van der Waals surface area contributed by atoms with E-state index in [0.717, 1.165) is 11.3 Å². The Hall–Kier alpha value is -3.08. The summed E-state index contributed by atoms with van der Waals surface area (Å²) in [5, 5.41) is 3.97. The molecule has 0 aliphatic heterocycles. The lowest BCUT2D eigenvalue weighted by atomic mass is 10.2. The second-order valence-corrected chi connectivity index (χ2v) is 4.80. The van der Waals surface area contributed by atoms with Crippen molar-refractivity contribution >= 4 is 12.1 Å². The lowest BCUT2D eigenvalue weighted by molar-refractivity contribution is 0.0951. The Morgan fingerprint density at radius 2 is 1.92 bits per heavy atom. The molecule has 2 aromatic rings. The number of para-hydroxylation sites is 1.